The Labute approximate surface area is 145 Å². The Balaban J connectivity index is 3.35. The van der Waals surface area contributed by atoms with Crippen molar-refractivity contribution in [3.05, 3.63) is 0 Å². The highest BCUT2D eigenvalue weighted by Crippen LogP contribution is 2.43. The van der Waals surface area contributed by atoms with Crippen LogP contribution in [-0.2, 0) is 9.09 Å². The van der Waals surface area contributed by atoms with Crippen LogP contribution in [0.5, 0.6) is 0 Å². The van der Waals surface area contributed by atoms with E-state index in [0.29, 0.717) is 12.8 Å². The van der Waals surface area contributed by atoms with E-state index >= 15 is 0 Å². The van der Waals surface area contributed by atoms with E-state index in [-0.39, 0.29) is 0 Å². The fourth-order valence-electron chi connectivity index (χ4n) is 2.78. The molecule has 0 heterocycles. The van der Waals surface area contributed by atoms with Gasteiger partial charge in [-0.2, -0.15) is 0 Å². The topological polar surface area (TPSA) is 46.5 Å². The molecule has 0 saturated heterocycles. The van der Waals surface area contributed by atoms with E-state index < -0.39 is 7.60 Å². The second-order valence-corrected chi connectivity index (χ2v) is 8.77. The molecule has 1 N–H and O–H groups in total. The van der Waals surface area contributed by atoms with Gasteiger partial charge in [0, 0.05) is 6.16 Å². The summed E-state index contributed by atoms with van der Waals surface area (Å²) in [6, 6.07) is 0. The summed E-state index contributed by atoms with van der Waals surface area (Å²) in [5.74, 6) is 0. The average Bonchev–Trinajstić information content (AvgIpc) is 2.52. The molecule has 0 aromatic rings. The predicted octanol–water partition coefficient (Wildman–Crippen LogP) is 7.08. The first-order valence-electron chi connectivity index (χ1n) is 10.1. The van der Waals surface area contributed by atoms with Gasteiger partial charge in [0.05, 0.1) is 6.61 Å². The first kappa shape index (κ1) is 23.1. The second-order valence-electron chi connectivity index (χ2n) is 6.79. The van der Waals surface area contributed by atoms with Crippen molar-refractivity contribution in [3.8, 4) is 0 Å². The Morgan fingerprint density at radius 2 is 1.04 bits per heavy atom. The van der Waals surface area contributed by atoms with Crippen molar-refractivity contribution in [1.29, 1.82) is 0 Å². The Morgan fingerprint density at radius 3 is 1.52 bits per heavy atom. The number of hydrogen-bond acceptors (Lipinski definition) is 2. The van der Waals surface area contributed by atoms with Gasteiger partial charge in [-0.05, 0) is 12.8 Å². The molecule has 0 aromatic heterocycles. The molecule has 0 aliphatic carbocycles. The maximum absolute atomic E-state index is 11.9. The van der Waals surface area contributed by atoms with Crippen molar-refractivity contribution in [2.45, 2.75) is 110 Å². The zero-order valence-corrected chi connectivity index (χ0v) is 16.6. The SMILES string of the molecule is CCCCCCCCCCCP(=O)(O)OCCCCCCCC. The molecule has 3 nitrogen and oxygen atoms in total. The lowest BCUT2D eigenvalue weighted by atomic mass is 10.1. The van der Waals surface area contributed by atoms with Crippen molar-refractivity contribution in [2.24, 2.45) is 0 Å². The largest absolute Gasteiger partial charge is 0.328 e. The molecular formula is C19H41O3P. The van der Waals surface area contributed by atoms with E-state index in [9.17, 15) is 9.46 Å². The average molecular weight is 349 g/mol. The van der Waals surface area contributed by atoms with Gasteiger partial charge in [0.25, 0.3) is 0 Å². The van der Waals surface area contributed by atoms with Gasteiger partial charge in [-0.25, -0.2) is 0 Å². The van der Waals surface area contributed by atoms with Crippen molar-refractivity contribution < 1.29 is 14.0 Å². The van der Waals surface area contributed by atoms with E-state index in [1.807, 2.05) is 0 Å². The molecule has 0 bridgehead atoms. The monoisotopic (exact) mass is 348 g/mol. The van der Waals surface area contributed by atoms with E-state index in [4.69, 9.17) is 4.52 Å². The van der Waals surface area contributed by atoms with Crippen LogP contribution in [0.1, 0.15) is 110 Å². The summed E-state index contributed by atoms with van der Waals surface area (Å²) in [5, 5.41) is 0. The minimum Gasteiger partial charge on any atom is -0.324 e. The predicted molar refractivity (Wildman–Crippen MR) is 101 cm³/mol. The van der Waals surface area contributed by atoms with E-state index in [2.05, 4.69) is 13.8 Å². The molecule has 0 radical (unpaired) electrons. The molecule has 0 spiro atoms. The maximum atomic E-state index is 11.9. The molecule has 0 rings (SSSR count). The fraction of sp³-hybridized carbons (Fsp3) is 1.00. The quantitative estimate of drug-likeness (QED) is 0.213. The summed E-state index contributed by atoms with van der Waals surface area (Å²) in [4.78, 5) is 9.79. The van der Waals surface area contributed by atoms with E-state index in [0.717, 1.165) is 25.7 Å². The van der Waals surface area contributed by atoms with Crippen molar-refractivity contribution in [1.82, 2.24) is 0 Å². The van der Waals surface area contributed by atoms with Crippen LogP contribution in [0.3, 0.4) is 0 Å². The fourth-order valence-corrected chi connectivity index (χ4v) is 3.94. The van der Waals surface area contributed by atoms with Crippen LogP contribution < -0.4 is 0 Å². The molecule has 4 heteroatoms. The summed E-state index contributed by atoms with van der Waals surface area (Å²) in [7, 11) is -3.32. The zero-order valence-electron chi connectivity index (χ0n) is 15.7. The van der Waals surface area contributed by atoms with Crippen LogP contribution in [-0.4, -0.2) is 17.7 Å². The highest BCUT2D eigenvalue weighted by atomic mass is 31.2. The van der Waals surface area contributed by atoms with Gasteiger partial charge in [0.2, 0.25) is 0 Å². The molecule has 140 valence electrons. The minimum atomic E-state index is -3.32. The van der Waals surface area contributed by atoms with Crippen LogP contribution in [0, 0.1) is 0 Å². The van der Waals surface area contributed by atoms with Crippen molar-refractivity contribution in [2.75, 3.05) is 12.8 Å². The smallest absolute Gasteiger partial charge is 0.324 e. The molecule has 0 aliphatic heterocycles. The third-order valence-corrected chi connectivity index (χ3v) is 5.80. The van der Waals surface area contributed by atoms with Gasteiger partial charge in [0.15, 0.2) is 0 Å². The molecule has 23 heavy (non-hydrogen) atoms. The first-order chi connectivity index (χ1) is 11.1. The van der Waals surface area contributed by atoms with E-state index in [1.54, 1.807) is 0 Å². The highest BCUT2D eigenvalue weighted by molar-refractivity contribution is 7.52. The number of hydrogen-bond donors (Lipinski definition) is 1. The van der Waals surface area contributed by atoms with E-state index in [1.165, 1.54) is 70.6 Å². The molecule has 0 aromatic carbocycles. The summed E-state index contributed by atoms with van der Waals surface area (Å²) >= 11 is 0. The molecular weight excluding hydrogens is 307 g/mol. The Hall–Kier alpha value is 0.150. The molecule has 1 unspecified atom stereocenters. The third-order valence-electron chi connectivity index (χ3n) is 4.34. The first-order valence-corrected chi connectivity index (χ1v) is 11.8. The van der Waals surface area contributed by atoms with Crippen molar-refractivity contribution in [3.63, 3.8) is 0 Å². The highest BCUT2D eigenvalue weighted by Gasteiger charge is 2.17. The summed E-state index contributed by atoms with van der Waals surface area (Å²) in [6.45, 7) is 4.89. The van der Waals surface area contributed by atoms with Crippen LogP contribution >= 0.6 is 7.60 Å². The Morgan fingerprint density at radius 1 is 0.652 bits per heavy atom. The molecule has 0 fully saturated rings. The molecule has 1 atom stereocenters. The maximum Gasteiger partial charge on any atom is 0.328 e. The van der Waals surface area contributed by atoms with Crippen LogP contribution in [0.2, 0.25) is 0 Å². The lowest BCUT2D eigenvalue weighted by molar-refractivity contribution is 0.252. The van der Waals surface area contributed by atoms with Crippen LogP contribution in [0.15, 0.2) is 0 Å². The third kappa shape index (κ3) is 18.3. The molecule has 0 saturated carbocycles. The van der Waals surface area contributed by atoms with Crippen molar-refractivity contribution >= 4 is 7.60 Å². The Bertz CT molecular complexity index is 282. The zero-order chi connectivity index (χ0) is 17.2. The van der Waals surface area contributed by atoms with Gasteiger partial charge in [0.1, 0.15) is 0 Å². The molecule has 0 amide bonds. The van der Waals surface area contributed by atoms with Gasteiger partial charge in [-0.15, -0.1) is 0 Å². The lowest BCUT2D eigenvalue weighted by Gasteiger charge is -2.12. The minimum absolute atomic E-state index is 0.332. The molecule has 0 aliphatic rings. The summed E-state index contributed by atoms with van der Waals surface area (Å²) < 4.78 is 17.1. The van der Waals surface area contributed by atoms with Gasteiger partial charge in [-0.3, -0.25) is 4.57 Å². The standard InChI is InChI=1S/C19H41O3P/c1-3-5-7-9-11-12-13-15-17-19-23(20,21)22-18-16-14-10-8-6-4-2/h3-19H2,1-2H3,(H,20,21). The van der Waals surface area contributed by atoms with Crippen LogP contribution in [0.4, 0.5) is 0 Å². The van der Waals surface area contributed by atoms with Gasteiger partial charge in [-0.1, -0.05) is 97.3 Å². The number of rotatable bonds is 18. The Kier molecular flexibility index (Phi) is 17.1. The van der Waals surface area contributed by atoms with Gasteiger partial charge >= 0.3 is 7.60 Å². The van der Waals surface area contributed by atoms with Gasteiger partial charge < -0.3 is 9.42 Å². The normalized spacial score (nSPS) is 14.0. The second kappa shape index (κ2) is 17.0. The summed E-state index contributed by atoms with van der Waals surface area (Å²) in [6.07, 6.45) is 18.3. The lowest BCUT2D eigenvalue weighted by Crippen LogP contribution is -1.97. The summed E-state index contributed by atoms with van der Waals surface area (Å²) in [5.41, 5.74) is 0. The van der Waals surface area contributed by atoms with Crippen LogP contribution in [0.25, 0.3) is 0 Å². The number of unbranched alkanes of at least 4 members (excludes halogenated alkanes) is 13.